The summed E-state index contributed by atoms with van der Waals surface area (Å²) in [6, 6.07) is 7.80. The Bertz CT molecular complexity index is 526. The van der Waals surface area contributed by atoms with E-state index in [2.05, 4.69) is 18.8 Å². The van der Waals surface area contributed by atoms with Gasteiger partial charge in [-0.05, 0) is 18.1 Å². The molecule has 0 N–H and O–H groups in total. The van der Waals surface area contributed by atoms with Crippen molar-refractivity contribution in [2.45, 2.75) is 24.2 Å². The zero-order chi connectivity index (χ0) is 12.6. The van der Waals surface area contributed by atoms with E-state index in [0.717, 1.165) is 17.6 Å². The van der Waals surface area contributed by atoms with Crippen LogP contribution in [0.1, 0.15) is 19.7 Å². The van der Waals surface area contributed by atoms with Crippen LogP contribution < -0.4 is 0 Å². The Labute approximate surface area is 115 Å². The standard InChI is InChI=1S/C12H13Cl3N2/c1-8(2)7-17-10-6-4-3-5-9(10)16-11(17)12(13,14)15/h3-6,8H,7H2,1-2H3. The molecule has 2 aromatic rings. The summed E-state index contributed by atoms with van der Waals surface area (Å²) in [5.41, 5.74) is 1.86. The Morgan fingerprint density at radius 3 is 2.47 bits per heavy atom. The first-order chi connectivity index (χ1) is 7.89. The molecule has 0 fully saturated rings. The van der Waals surface area contributed by atoms with Crippen molar-refractivity contribution in [3.05, 3.63) is 30.1 Å². The van der Waals surface area contributed by atoms with Gasteiger partial charge in [-0.1, -0.05) is 60.8 Å². The van der Waals surface area contributed by atoms with Crippen molar-refractivity contribution in [1.82, 2.24) is 9.55 Å². The molecule has 2 nitrogen and oxygen atoms in total. The third-order valence-corrected chi connectivity index (χ3v) is 2.96. The number of imidazole rings is 1. The number of aromatic nitrogens is 2. The molecular formula is C12H13Cl3N2. The Balaban J connectivity index is 2.65. The van der Waals surface area contributed by atoms with Crippen molar-refractivity contribution in [3.63, 3.8) is 0 Å². The van der Waals surface area contributed by atoms with Crippen LogP contribution in [0.5, 0.6) is 0 Å². The molecule has 1 aromatic heterocycles. The summed E-state index contributed by atoms with van der Waals surface area (Å²) in [4.78, 5) is 4.40. The van der Waals surface area contributed by atoms with Gasteiger partial charge >= 0.3 is 0 Å². The number of hydrogen-bond donors (Lipinski definition) is 0. The molecule has 0 saturated carbocycles. The Morgan fingerprint density at radius 1 is 1.24 bits per heavy atom. The summed E-state index contributed by atoms with van der Waals surface area (Å²) in [6.07, 6.45) is 0. The van der Waals surface area contributed by atoms with Crippen LogP contribution >= 0.6 is 34.8 Å². The molecule has 0 bridgehead atoms. The van der Waals surface area contributed by atoms with E-state index >= 15 is 0 Å². The maximum absolute atomic E-state index is 5.97. The smallest absolute Gasteiger partial charge is 0.248 e. The number of halogens is 3. The van der Waals surface area contributed by atoms with E-state index in [0.29, 0.717) is 11.7 Å². The van der Waals surface area contributed by atoms with Crippen molar-refractivity contribution in [1.29, 1.82) is 0 Å². The van der Waals surface area contributed by atoms with Gasteiger partial charge in [-0.15, -0.1) is 0 Å². The number of nitrogens with zero attached hydrogens (tertiary/aromatic N) is 2. The second kappa shape index (κ2) is 4.68. The average Bonchev–Trinajstić information content (AvgIpc) is 2.56. The van der Waals surface area contributed by atoms with E-state index in [1.54, 1.807) is 0 Å². The Kier molecular flexibility index (Phi) is 3.58. The van der Waals surface area contributed by atoms with Gasteiger partial charge in [0.15, 0.2) is 5.82 Å². The first kappa shape index (κ1) is 13.0. The number of rotatable bonds is 2. The molecule has 92 valence electrons. The van der Waals surface area contributed by atoms with E-state index in [-0.39, 0.29) is 0 Å². The molecule has 17 heavy (non-hydrogen) atoms. The summed E-state index contributed by atoms with van der Waals surface area (Å²) >= 11 is 17.9. The molecule has 5 heteroatoms. The van der Waals surface area contributed by atoms with Crippen LogP contribution in [0.25, 0.3) is 11.0 Å². The van der Waals surface area contributed by atoms with E-state index in [9.17, 15) is 0 Å². The predicted molar refractivity (Wildman–Crippen MR) is 73.8 cm³/mol. The molecule has 0 unspecified atom stereocenters. The van der Waals surface area contributed by atoms with Crippen molar-refractivity contribution in [2.75, 3.05) is 0 Å². The lowest BCUT2D eigenvalue weighted by Crippen LogP contribution is -2.14. The maximum Gasteiger partial charge on any atom is 0.248 e. The van der Waals surface area contributed by atoms with Gasteiger partial charge in [0.2, 0.25) is 3.79 Å². The molecule has 0 spiro atoms. The first-order valence-corrected chi connectivity index (χ1v) is 6.55. The van der Waals surface area contributed by atoms with E-state index in [1.807, 2.05) is 28.8 Å². The molecule has 0 saturated heterocycles. The molecule has 0 aliphatic rings. The number of hydrogen-bond acceptors (Lipinski definition) is 1. The number of fused-ring (bicyclic) bond motifs is 1. The van der Waals surface area contributed by atoms with Crippen LogP contribution in [-0.2, 0) is 10.3 Å². The van der Waals surface area contributed by atoms with Crippen LogP contribution in [0, 0.1) is 5.92 Å². The van der Waals surface area contributed by atoms with Gasteiger partial charge in [0, 0.05) is 6.54 Å². The lowest BCUT2D eigenvalue weighted by atomic mass is 10.2. The van der Waals surface area contributed by atoms with Gasteiger partial charge in [-0.3, -0.25) is 0 Å². The monoisotopic (exact) mass is 290 g/mol. The summed E-state index contributed by atoms with van der Waals surface area (Å²) in [5.74, 6) is 0.941. The van der Waals surface area contributed by atoms with Crippen molar-refractivity contribution >= 4 is 45.8 Å². The second-order valence-electron chi connectivity index (χ2n) is 4.43. The summed E-state index contributed by atoms with van der Waals surface area (Å²) < 4.78 is 0.487. The molecular weight excluding hydrogens is 279 g/mol. The molecule has 0 radical (unpaired) electrons. The van der Waals surface area contributed by atoms with Gasteiger partial charge in [0.05, 0.1) is 11.0 Å². The molecule has 0 amide bonds. The van der Waals surface area contributed by atoms with Gasteiger partial charge < -0.3 is 4.57 Å². The highest BCUT2D eigenvalue weighted by Gasteiger charge is 2.30. The first-order valence-electron chi connectivity index (χ1n) is 5.42. The fraction of sp³-hybridized carbons (Fsp3) is 0.417. The van der Waals surface area contributed by atoms with E-state index in [1.165, 1.54) is 0 Å². The van der Waals surface area contributed by atoms with Gasteiger partial charge in [-0.25, -0.2) is 4.98 Å². The van der Waals surface area contributed by atoms with E-state index in [4.69, 9.17) is 34.8 Å². The minimum Gasteiger partial charge on any atom is -0.324 e. The largest absolute Gasteiger partial charge is 0.324 e. The van der Waals surface area contributed by atoms with E-state index < -0.39 is 3.79 Å². The van der Waals surface area contributed by atoms with Crippen LogP contribution in [0.3, 0.4) is 0 Å². The van der Waals surface area contributed by atoms with Crippen LogP contribution in [0.15, 0.2) is 24.3 Å². The van der Waals surface area contributed by atoms with Crippen molar-refractivity contribution in [3.8, 4) is 0 Å². The van der Waals surface area contributed by atoms with Crippen molar-refractivity contribution < 1.29 is 0 Å². The van der Waals surface area contributed by atoms with Gasteiger partial charge in [0.25, 0.3) is 0 Å². The molecule has 1 heterocycles. The normalized spacial score (nSPS) is 12.6. The highest BCUT2D eigenvalue weighted by Crippen LogP contribution is 2.39. The SMILES string of the molecule is CC(C)Cn1c(C(Cl)(Cl)Cl)nc2ccccc21. The molecule has 0 atom stereocenters. The summed E-state index contributed by atoms with van der Waals surface area (Å²) in [5, 5.41) is 0. The lowest BCUT2D eigenvalue weighted by Gasteiger charge is -2.16. The van der Waals surface area contributed by atoms with Crippen LogP contribution in [-0.4, -0.2) is 9.55 Å². The van der Waals surface area contributed by atoms with Crippen LogP contribution in [0.4, 0.5) is 0 Å². The Morgan fingerprint density at radius 2 is 1.88 bits per heavy atom. The topological polar surface area (TPSA) is 17.8 Å². The predicted octanol–water partition coefficient (Wildman–Crippen LogP) is 4.52. The van der Waals surface area contributed by atoms with Crippen molar-refractivity contribution in [2.24, 2.45) is 5.92 Å². The number of para-hydroxylation sites is 2. The highest BCUT2D eigenvalue weighted by molar-refractivity contribution is 6.66. The third kappa shape index (κ3) is 2.70. The zero-order valence-corrected chi connectivity index (χ0v) is 11.9. The minimum absolute atomic E-state index is 0.457. The number of benzene rings is 1. The molecule has 2 rings (SSSR count). The van der Waals surface area contributed by atoms with Crippen LogP contribution in [0.2, 0.25) is 0 Å². The minimum atomic E-state index is -1.49. The lowest BCUT2D eigenvalue weighted by molar-refractivity contribution is 0.519. The molecule has 0 aliphatic heterocycles. The second-order valence-corrected chi connectivity index (χ2v) is 6.71. The summed E-state index contributed by atoms with van der Waals surface area (Å²) in [7, 11) is 0. The number of alkyl halides is 3. The zero-order valence-electron chi connectivity index (χ0n) is 9.62. The maximum atomic E-state index is 5.97. The summed E-state index contributed by atoms with van der Waals surface area (Å²) in [6.45, 7) is 5.03. The molecule has 1 aromatic carbocycles. The average molecular weight is 292 g/mol. The molecule has 0 aliphatic carbocycles. The third-order valence-electron chi connectivity index (χ3n) is 2.46. The highest BCUT2D eigenvalue weighted by atomic mass is 35.6. The van der Waals surface area contributed by atoms with Gasteiger partial charge in [0.1, 0.15) is 0 Å². The van der Waals surface area contributed by atoms with Gasteiger partial charge in [-0.2, -0.15) is 0 Å². The quantitative estimate of drug-likeness (QED) is 0.744. The Hall–Kier alpha value is -0.440. The fourth-order valence-electron chi connectivity index (χ4n) is 1.84. The fourth-order valence-corrected chi connectivity index (χ4v) is 2.27.